The van der Waals surface area contributed by atoms with Gasteiger partial charge in [-0.2, -0.15) is 4.31 Å². The fourth-order valence-corrected chi connectivity index (χ4v) is 4.81. The lowest BCUT2D eigenvalue weighted by atomic mass is 10.2. The molecule has 148 valence electrons. The number of benzene rings is 2. The van der Waals surface area contributed by atoms with E-state index in [1.807, 2.05) is 44.2 Å². The summed E-state index contributed by atoms with van der Waals surface area (Å²) in [5, 5.41) is 0. The lowest BCUT2D eigenvalue weighted by Crippen LogP contribution is -2.39. The molecule has 0 aliphatic heterocycles. The van der Waals surface area contributed by atoms with E-state index in [1.165, 1.54) is 39.7 Å². The summed E-state index contributed by atoms with van der Waals surface area (Å²) in [4.78, 5) is 24.2. The molecule has 3 rings (SSSR count). The van der Waals surface area contributed by atoms with Crippen molar-refractivity contribution >= 4 is 21.1 Å². The lowest BCUT2D eigenvalue weighted by Gasteiger charge is -2.26. The van der Waals surface area contributed by atoms with Gasteiger partial charge in [0.05, 0.1) is 15.9 Å². The maximum atomic E-state index is 13.3. The van der Waals surface area contributed by atoms with Gasteiger partial charge in [0.25, 0.3) is 0 Å². The van der Waals surface area contributed by atoms with Crippen LogP contribution in [-0.2, 0) is 30.7 Å². The van der Waals surface area contributed by atoms with Crippen molar-refractivity contribution in [3.8, 4) is 0 Å². The molecular weight excluding hydrogens is 378 g/mol. The number of rotatable bonds is 5. The Morgan fingerprint density at radius 3 is 2.04 bits per heavy atom. The standard InChI is InChI=1S/C20H23N3O4S/c1-14(2)23(13-15-8-6-5-7-9-15)28(26,27)16-10-11-17-18(12-16)22(4)20(25)19(24)21(17)3/h5-12,14H,13H2,1-4H3. The van der Waals surface area contributed by atoms with E-state index in [1.54, 1.807) is 6.07 Å². The monoisotopic (exact) mass is 401 g/mol. The van der Waals surface area contributed by atoms with Crippen LogP contribution in [0, 0.1) is 0 Å². The first-order valence-electron chi connectivity index (χ1n) is 8.90. The predicted molar refractivity (Wildman–Crippen MR) is 109 cm³/mol. The van der Waals surface area contributed by atoms with Crippen molar-refractivity contribution in [2.24, 2.45) is 14.1 Å². The zero-order valence-corrected chi connectivity index (χ0v) is 17.1. The molecule has 0 fully saturated rings. The van der Waals surface area contributed by atoms with Crippen LogP contribution in [0.15, 0.2) is 63.0 Å². The van der Waals surface area contributed by atoms with Crippen LogP contribution in [0.1, 0.15) is 19.4 Å². The van der Waals surface area contributed by atoms with Crippen molar-refractivity contribution in [1.82, 2.24) is 13.4 Å². The van der Waals surface area contributed by atoms with Crippen molar-refractivity contribution in [3.63, 3.8) is 0 Å². The first-order chi connectivity index (χ1) is 13.1. The van der Waals surface area contributed by atoms with E-state index >= 15 is 0 Å². The van der Waals surface area contributed by atoms with E-state index in [2.05, 4.69) is 0 Å². The molecule has 0 unspecified atom stereocenters. The summed E-state index contributed by atoms with van der Waals surface area (Å²) < 4.78 is 30.5. The normalized spacial score (nSPS) is 12.2. The molecule has 0 atom stereocenters. The Labute approximate surface area is 163 Å². The minimum atomic E-state index is -3.81. The minimum Gasteiger partial charge on any atom is -0.305 e. The van der Waals surface area contributed by atoms with Gasteiger partial charge in [0.1, 0.15) is 0 Å². The second-order valence-electron chi connectivity index (χ2n) is 7.01. The summed E-state index contributed by atoms with van der Waals surface area (Å²) in [6.45, 7) is 3.88. The summed E-state index contributed by atoms with van der Waals surface area (Å²) in [6, 6.07) is 13.6. The Morgan fingerprint density at radius 1 is 0.893 bits per heavy atom. The molecule has 0 aliphatic carbocycles. The van der Waals surface area contributed by atoms with Crippen LogP contribution in [0.5, 0.6) is 0 Å². The van der Waals surface area contributed by atoms with Crippen LogP contribution in [0.25, 0.3) is 11.0 Å². The van der Waals surface area contributed by atoms with Crippen LogP contribution in [0.3, 0.4) is 0 Å². The average molecular weight is 401 g/mol. The minimum absolute atomic E-state index is 0.0817. The molecule has 1 heterocycles. The molecule has 0 bridgehead atoms. The molecule has 0 N–H and O–H groups in total. The molecular formula is C20H23N3O4S. The van der Waals surface area contributed by atoms with Crippen molar-refractivity contribution in [2.75, 3.05) is 0 Å². The van der Waals surface area contributed by atoms with Crippen molar-refractivity contribution < 1.29 is 8.42 Å². The van der Waals surface area contributed by atoms with E-state index < -0.39 is 21.1 Å². The SMILES string of the molecule is CC(C)N(Cc1ccccc1)S(=O)(=O)c1ccc2c(c1)n(C)c(=O)c(=O)n2C. The van der Waals surface area contributed by atoms with Crippen molar-refractivity contribution in [1.29, 1.82) is 0 Å². The van der Waals surface area contributed by atoms with Crippen LogP contribution in [0.2, 0.25) is 0 Å². The third-order valence-electron chi connectivity index (χ3n) is 4.83. The van der Waals surface area contributed by atoms with Crippen molar-refractivity contribution in [3.05, 3.63) is 74.8 Å². The van der Waals surface area contributed by atoms with Gasteiger partial charge in [-0.1, -0.05) is 30.3 Å². The Bertz CT molecular complexity index is 1240. The summed E-state index contributed by atoms with van der Waals surface area (Å²) in [5.74, 6) is 0. The highest BCUT2D eigenvalue weighted by Crippen LogP contribution is 2.23. The van der Waals surface area contributed by atoms with Crippen LogP contribution < -0.4 is 11.1 Å². The first kappa shape index (κ1) is 20.0. The lowest BCUT2D eigenvalue weighted by molar-refractivity contribution is 0.348. The molecule has 28 heavy (non-hydrogen) atoms. The number of fused-ring (bicyclic) bond motifs is 1. The molecule has 3 aromatic rings. The van der Waals surface area contributed by atoms with Gasteiger partial charge in [-0.3, -0.25) is 9.59 Å². The van der Waals surface area contributed by atoms with Gasteiger partial charge in [-0.05, 0) is 37.6 Å². The van der Waals surface area contributed by atoms with Crippen LogP contribution in [-0.4, -0.2) is 27.9 Å². The van der Waals surface area contributed by atoms with E-state index in [4.69, 9.17) is 0 Å². The number of aryl methyl sites for hydroxylation is 2. The van der Waals surface area contributed by atoms with Gasteiger partial charge in [0.15, 0.2) is 0 Å². The van der Waals surface area contributed by atoms with Gasteiger partial charge in [0, 0.05) is 26.7 Å². The zero-order valence-electron chi connectivity index (χ0n) is 16.3. The Morgan fingerprint density at radius 2 is 1.46 bits per heavy atom. The highest BCUT2D eigenvalue weighted by Gasteiger charge is 2.28. The van der Waals surface area contributed by atoms with Gasteiger partial charge >= 0.3 is 11.1 Å². The summed E-state index contributed by atoms with van der Waals surface area (Å²) in [6.07, 6.45) is 0. The maximum Gasteiger partial charge on any atom is 0.316 e. The quantitative estimate of drug-likeness (QED) is 0.611. The molecule has 0 radical (unpaired) electrons. The molecule has 0 amide bonds. The Hall–Kier alpha value is -2.71. The van der Waals surface area contributed by atoms with E-state index in [-0.39, 0.29) is 17.5 Å². The Kier molecular flexibility index (Phi) is 5.27. The highest BCUT2D eigenvalue weighted by atomic mass is 32.2. The van der Waals surface area contributed by atoms with E-state index in [9.17, 15) is 18.0 Å². The van der Waals surface area contributed by atoms with Crippen molar-refractivity contribution in [2.45, 2.75) is 31.3 Å². The van der Waals surface area contributed by atoms with E-state index in [0.717, 1.165) is 5.56 Å². The zero-order chi connectivity index (χ0) is 20.6. The number of aromatic nitrogens is 2. The molecule has 0 aliphatic rings. The predicted octanol–water partition coefficient (Wildman–Crippen LogP) is 1.84. The molecule has 2 aromatic carbocycles. The van der Waals surface area contributed by atoms with Gasteiger partial charge < -0.3 is 9.13 Å². The summed E-state index contributed by atoms with van der Waals surface area (Å²) in [5.41, 5.74) is 0.408. The molecule has 1 aromatic heterocycles. The largest absolute Gasteiger partial charge is 0.316 e. The average Bonchev–Trinajstić information content (AvgIpc) is 2.68. The van der Waals surface area contributed by atoms with Gasteiger partial charge in [-0.25, -0.2) is 8.42 Å². The highest BCUT2D eigenvalue weighted by molar-refractivity contribution is 7.89. The third kappa shape index (κ3) is 3.41. The molecule has 8 heteroatoms. The van der Waals surface area contributed by atoms with Crippen LogP contribution in [0.4, 0.5) is 0 Å². The number of hydrogen-bond acceptors (Lipinski definition) is 4. The third-order valence-corrected chi connectivity index (χ3v) is 6.84. The summed E-state index contributed by atoms with van der Waals surface area (Å²) in [7, 11) is -0.851. The van der Waals surface area contributed by atoms with Gasteiger partial charge in [0.2, 0.25) is 10.0 Å². The second kappa shape index (κ2) is 7.37. The molecule has 7 nitrogen and oxygen atoms in total. The summed E-state index contributed by atoms with van der Waals surface area (Å²) >= 11 is 0. The maximum absolute atomic E-state index is 13.3. The fourth-order valence-electron chi connectivity index (χ4n) is 3.17. The Balaban J connectivity index is 2.16. The first-order valence-corrected chi connectivity index (χ1v) is 10.3. The molecule has 0 saturated carbocycles. The number of nitrogens with zero attached hydrogens (tertiary/aromatic N) is 3. The van der Waals surface area contributed by atoms with E-state index in [0.29, 0.717) is 11.0 Å². The molecule has 0 spiro atoms. The fraction of sp³-hybridized carbons (Fsp3) is 0.300. The number of hydrogen-bond donors (Lipinski definition) is 0. The topological polar surface area (TPSA) is 81.4 Å². The number of sulfonamides is 1. The second-order valence-corrected chi connectivity index (χ2v) is 8.90. The van der Waals surface area contributed by atoms with Crippen LogP contribution >= 0.6 is 0 Å². The smallest absolute Gasteiger partial charge is 0.305 e. The molecule has 0 saturated heterocycles. The van der Waals surface area contributed by atoms with Gasteiger partial charge in [-0.15, -0.1) is 0 Å².